The molecule has 0 amide bonds. The van der Waals surface area contributed by atoms with Crippen molar-refractivity contribution in [3.8, 4) is 0 Å². The van der Waals surface area contributed by atoms with Gasteiger partial charge in [-0.05, 0) is 51.7 Å². The zero-order chi connectivity index (χ0) is 9.68. The number of aliphatic hydroxyl groups is 1. The smallest absolute Gasteiger partial charge is 0.0639 e. The van der Waals surface area contributed by atoms with Crippen LogP contribution in [0.15, 0.2) is 0 Å². The van der Waals surface area contributed by atoms with Crippen LogP contribution in [0.25, 0.3) is 0 Å². The van der Waals surface area contributed by atoms with E-state index in [4.69, 9.17) is 5.73 Å². The van der Waals surface area contributed by atoms with Crippen molar-refractivity contribution >= 4 is 0 Å². The highest BCUT2D eigenvalue weighted by molar-refractivity contribution is 4.73. The average Bonchev–Trinajstić information content (AvgIpc) is 2.08. The van der Waals surface area contributed by atoms with Crippen LogP contribution in [-0.4, -0.2) is 42.3 Å². The number of piperidine rings is 1. The van der Waals surface area contributed by atoms with Crippen molar-refractivity contribution in [3.05, 3.63) is 0 Å². The molecular formula is C10H22N2O. The Bertz CT molecular complexity index is 131. The summed E-state index contributed by atoms with van der Waals surface area (Å²) in [6.45, 7) is 5.77. The topological polar surface area (TPSA) is 49.5 Å². The van der Waals surface area contributed by atoms with Gasteiger partial charge in [-0.25, -0.2) is 0 Å². The lowest BCUT2D eigenvalue weighted by atomic mass is 9.93. The fourth-order valence-electron chi connectivity index (χ4n) is 2.07. The van der Waals surface area contributed by atoms with Crippen LogP contribution in [0.5, 0.6) is 0 Å². The van der Waals surface area contributed by atoms with E-state index in [1.165, 1.54) is 19.3 Å². The highest BCUT2D eigenvalue weighted by atomic mass is 16.3. The molecule has 1 aliphatic heterocycles. The summed E-state index contributed by atoms with van der Waals surface area (Å²) in [5, 5.41) is 9.21. The van der Waals surface area contributed by atoms with Crippen LogP contribution in [-0.2, 0) is 0 Å². The van der Waals surface area contributed by atoms with E-state index in [0.717, 1.165) is 32.1 Å². The first-order valence-corrected chi connectivity index (χ1v) is 5.33. The summed E-state index contributed by atoms with van der Waals surface area (Å²) in [5.74, 6) is 0.829. The molecule has 1 fully saturated rings. The Kier molecular flexibility index (Phi) is 4.70. The quantitative estimate of drug-likeness (QED) is 0.669. The van der Waals surface area contributed by atoms with E-state index in [1.54, 1.807) is 0 Å². The number of nitrogens with zero attached hydrogens (tertiary/aromatic N) is 1. The first-order valence-electron chi connectivity index (χ1n) is 5.33. The van der Waals surface area contributed by atoms with Crippen molar-refractivity contribution < 1.29 is 5.11 Å². The molecule has 78 valence electrons. The monoisotopic (exact) mass is 186 g/mol. The van der Waals surface area contributed by atoms with Gasteiger partial charge in [-0.3, -0.25) is 0 Å². The molecule has 0 bridgehead atoms. The second-order valence-electron chi connectivity index (χ2n) is 4.17. The standard InChI is InChI=1S/C10H22N2O/c1-9(13)8-12-6-3-10(2-5-11)4-7-12/h9-10,13H,2-8,11H2,1H3/t9-/m1/s1. The van der Waals surface area contributed by atoms with Gasteiger partial charge in [0.1, 0.15) is 0 Å². The fraction of sp³-hybridized carbons (Fsp3) is 1.00. The molecule has 3 nitrogen and oxygen atoms in total. The van der Waals surface area contributed by atoms with Gasteiger partial charge < -0.3 is 15.7 Å². The number of hydrogen-bond acceptors (Lipinski definition) is 3. The normalized spacial score (nSPS) is 23.3. The maximum atomic E-state index is 9.21. The SMILES string of the molecule is C[C@@H](O)CN1CCC(CCN)CC1. The molecule has 0 spiro atoms. The minimum absolute atomic E-state index is 0.189. The Morgan fingerprint density at radius 3 is 2.54 bits per heavy atom. The summed E-state index contributed by atoms with van der Waals surface area (Å²) < 4.78 is 0. The van der Waals surface area contributed by atoms with Crippen molar-refractivity contribution in [2.45, 2.75) is 32.3 Å². The summed E-state index contributed by atoms with van der Waals surface area (Å²) in [6, 6.07) is 0. The van der Waals surface area contributed by atoms with Gasteiger partial charge in [-0.1, -0.05) is 0 Å². The van der Waals surface area contributed by atoms with E-state index < -0.39 is 0 Å². The molecule has 0 saturated carbocycles. The first kappa shape index (κ1) is 11.0. The molecule has 13 heavy (non-hydrogen) atoms. The first-order chi connectivity index (χ1) is 6.22. The number of rotatable bonds is 4. The van der Waals surface area contributed by atoms with Crippen molar-refractivity contribution in [1.29, 1.82) is 0 Å². The molecule has 0 radical (unpaired) electrons. The third-order valence-electron chi connectivity index (χ3n) is 2.80. The predicted octanol–water partition coefficient (Wildman–Crippen LogP) is 0.428. The molecule has 3 N–H and O–H groups in total. The number of β-amino-alcohol motifs (C(OH)–C–C–N with tert-alkyl or cyclic N) is 1. The fourth-order valence-corrected chi connectivity index (χ4v) is 2.07. The number of aliphatic hydroxyl groups excluding tert-OH is 1. The number of likely N-dealkylation sites (tertiary alicyclic amines) is 1. The van der Waals surface area contributed by atoms with Gasteiger partial charge in [0.2, 0.25) is 0 Å². The minimum Gasteiger partial charge on any atom is -0.392 e. The molecule has 0 aromatic carbocycles. The molecule has 1 aliphatic rings. The van der Waals surface area contributed by atoms with Crippen LogP contribution in [0.1, 0.15) is 26.2 Å². The molecule has 0 aromatic rings. The van der Waals surface area contributed by atoms with Crippen LogP contribution < -0.4 is 5.73 Å². The zero-order valence-corrected chi connectivity index (χ0v) is 8.58. The molecule has 0 aliphatic carbocycles. The van der Waals surface area contributed by atoms with Crippen LogP contribution in [0.2, 0.25) is 0 Å². The van der Waals surface area contributed by atoms with Gasteiger partial charge in [0.25, 0.3) is 0 Å². The van der Waals surface area contributed by atoms with Gasteiger partial charge in [0.05, 0.1) is 6.10 Å². The van der Waals surface area contributed by atoms with Crippen LogP contribution in [0.4, 0.5) is 0 Å². The van der Waals surface area contributed by atoms with Gasteiger partial charge in [0, 0.05) is 6.54 Å². The van der Waals surface area contributed by atoms with Gasteiger partial charge >= 0.3 is 0 Å². The second kappa shape index (κ2) is 5.58. The Hall–Kier alpha value is -0.120. The minimum atomic E-state index is -0.189. The summed E-state index contributed by atoms with van der Waals surface area (Å²) in [4.78, 5) is 2.34. The van der Waals surface area contributed by atoms with Crippen molar-refractivity contribution in [2.75, 3.05) is 26.2 Å². The molecular weight excluding hydrogens is 164 g/mol. The maximum absolute atomic E-state index is 9.21. The van der Waals surface area contributed by atoms with Crippen LogP contribution in [0.3, 0.4) is 0 Å². The number of nitrogens with two attached hydrogens (primary N) is 1. The van der Waals surface area contributed by atoms with Gasteiger partial charge in [-0.2, -0.15) is 0 Å². The Morgan fingerprint density at radius 2 is 2.08 bits per heavy atom. The van der Waals surface area contributed by atoms with Crippen molar-refractivity contribution in [1.82, 2.24) is 4.90 Å². The Labute approximate surface area is 80.9 Å². The Balaban J connectivity index is 2.15. The summed E-state index contributed by atoms with van der Waals surface area (Å²) in [7, 11) is 0. The van der Waals surface area contributed by atoms with E-state index in [9.17, 15) is 5.11 Å². The molecule has 1 atom stereocenters. The van der Waals surface area contributed by atoms with E-state index >= 15 is 0 Å². The highest BCUT2D eigenvalue weighted by Gasteiger charge is 2.18. The second-order valence-corrected chi connectivity index (χ2v) is 4.17. The molecule has 3 heteroatoms. The van der Waals surface area contributed by atoms with Crippen molar-refractivity contribution in [3.63, 3.8) is 0 Å². The molecule has 1 rings (SSSR count). The summed E-state index contributed by atoms with van der Waals surface area (Å²) in [5.41, 5.74) is 5.52. The summed E-state index contributed by atoms with van der Waals surface area (Å²) in [6.07, 6.45) is 3.49. The number of hydrogen-bond donors (Lipinski definition) is 2. The zero-order valence-electron chi connectivity index (χ0n) is 8.58. The van der Waals surface area contributed by atoms with E-state index in [0.29, 0.717) is 0 Å². The van der Waals surface area contributed by atoms with Gasteiger partial charge in [-0.15, -0.1) is 0 Å². The lowest BCUT2D eigenvalue weighted by Crippen LogP contribution is -2.38. The predicted molar refractivity (Wildman–Crippen MR) is 54.5 cm³/mol. The van der Waals surface area contributed by atoms with E-state index in [1.807, 2.05) is 6.92 Å². The Morgan fingerprint density at radius 1 is 1.46 bits per heavy atom. The van der Waals surface area contributed by atoms with E-state index in [-0.39, 0.29) is 6.10 Å². The molecule has 0 aromatic heterocycles. The highest BCUT2D eigenvalue weighted by Crippen LogP contribution is 2.19. The van der Waals surface area contributed by atoms with Crippen molar-refractivity contribution in [2.24, 2.45) is 11.7 Å². The van der Waals surface area contributed by atoms with E-state index in [2.05, 4.69) is 4.90 Å². The molecule has 1 heterocycles. The average molecular weight is 186 g/mol. The lowest BCUT2D eigenvalue weighted by molar-refractivity contribution is 0.0990. The third kappa shape index (κ3) is 4.07. The van der Waals surface area contributed by atoms with Crippen LogP contribution in [0, 0.1) is 5.92 Å². The molecule has 0 unspecified atom stereocenters. The molecule has 1 saturated heterocycles. The summed E-state index contributed by atoms with van der Waals surface area (Å²) >= 11 is 0. The maximum Gasteiger partial charge on any atom is 0.0639 e. The van der Waals surface area contributed by atoms with Gasteiger partial charge in [0.15, 0.2) is 0 Å². The lowest BCUT2D eigenvalue weighted by Gasteiger charge is -2.32. The third-order valence-corrected chi connectivity index (χ3v) is 2.80. The van der Waals surface area contributed by atoms with Crippen LogP contribution >= 0.6 is 0 Å². The largest absolute Gasteiger partial charge is 0.392 e.